The minimum Gasteiger partial charge on any atom is -0.325 e. The molecule has 122 valence electrons. The number of hydrogen-bond acceptors (Lipinski definition) is 6. The van der Waals surface area contributed by atoms with Crippen LogP contribution in [0, 0.1) is 5.41 Å². The van der Waals surface area contributed by atoms with Crippen LogP contribution in [0.3, 0.4) is 0 Å². The monoisotopic (exact) mass is 322 g/mol. The number of carbonyl (C=O) groups is 1. The molecular formula is C17H18N6O. The Kier molecular flexibility index (Phi) is 4.43. The summed E-state index contributed by atoms with van der Waals surface area (Å²) in [5.41, 5.74) is 7.36. The molecule has 3 heterocycles. The maximum absolute atomic E-state index is 12.7. The van der Waals surface area contributed by atoms with E-state index in [4.69, 9.17) is 5.73 Å². The van der Waals surface area contributed by atoms with Crippen LogP contribution in [0.25, 0.3) is 0 Å². The lowest BCUT2D eigenvalue weighted by molar-refractivity contribution is -0.125. The van der Waals surface area contributed by atoms with E-state index in [2.05, 4.69) is 25.3 Å². The molecule has 0 aromatic carbocycles. The molecule has 24 heavy (non-hydrogen) atoms. The average Bonchev–Trinajstić information content (AvgIpc) is 2.77. The molecule has 2 aromatic heterocycles. The molecular weight excluding hydrogens is 304 g/mol. The summed E-state index contributed by atoms with van der Waals surface area (Å²) in [7, 11) is 0. The van der Waals surface area contributed by atoms with Crippen molar-refractivity contribution in [1.82, 2.24) is 9.97 Å². The molecule has 3 N–H and O–H groups in total. The number of aromatic nitrogens is 2. The van der Waals surface area contributed by atoms with Crippen LogP contribution in [0.4, 0.5) is 5.69 Å². The molecule has 1 aliphatic rings. The number of hydrogen-bond donors (Lipinski definition) is 2. The van der Waals surface area contributed by atoms with Gasteiger partial charge in [0.25, 0.3) is 0 Å². The van der Waals surface area contributed by atoms with E-state index in [0.29, 0.717) is 11.4 Å². The lowest BCUT2D eigenvalue weighted by Crippen LogP contribution is -2.49. The number of nitrogens with two attached hydrogens (primary N) is 1. The molecule has 0 spiro atoms. The zero-order valence-corrected chi connectivity index (χ0v) is 13.3. The van der Waals surface area contributed by atoms with Crippen molar-refractivity contribution in [1.29, 1.82) is 0 Å². The summed E-state index contributed by atoms with van der Waals surface area (Å²) in [6.07, 6.45) is 7.53. The predicted octanol–water partition coefficient (Wildman–Crippen LogP) is 1.28. The molecule has 0 saturated carbocycles. The lowest BCUT2D eigenvalue weighted by atomic mass is 9.86. The molecule has 0 fully saturated rings. The van der Waals surface area contributed by atoms with Crippen LogP contribution in [0.15, 0.2) is 59.0 Å². The minimum atomic E-state index is -0.955. The highest BCUT2D eigenvalue weighted by Crippen LogP contribution is 2.26. The maximum atomic E-state index is 12.7. The number of amides is 1. The van der Waals surface area contributed by atoms with E-state index in [9.17, 15) is 4.79 Å². The lowest BCUT2D eigenvalue weighted by Gasteiger charge is -2.29. The smallest absolute Gasteiger partial charge is 0.235 e. The van der Waals surface area contributed by atoms with E-state index in [1.807, 2.05) is 12.1 Å². The van der Waals surface area contributed by atoms with Gasteiger partial charge in [-0.05, 0) is 31.2 Å². The second-order valence-corrected chi connectivity index (χ2v) is 5.77. The number of rotatable bonds is 3. The summed E-state index contributed by atoms with van der Waals surface area (Å²) in [5, 5.41) is 2.85. The molecule has 2 atom stereocenters. The van der Waals surface area contributed by atoms with E-state index in [0.717, 1.165) is 5.56 Å². The van der Waals surface area contributed by atoms with Crippen molar-refractivity contribution in [2.75, 3.05) is 11.9 Å². The van der Waals surface area contributed by atoms with Gasteiger partial charge < -0.3 is 11.1 Å². The molecule has 7 nitrogen and oxygen atoms in total. The normalized spacial score (nSPS) is 23.2. The van der Waals surface area contributed by atoms with Crippen molar-refractivity contribution in [2.24, 2.45) is 21.1 Å². The highest BCUT2D eigenvalue weighted by atomic mass is 16.2. The van der Waals surface area contributed by atoms with Crippen molar-refractivity contribution in [3.8, 4) is 0 Å². The highest BCUT2D eigenvalue weighted by molar-refractivity contribution is 6.38. The Morgan fingerprint density at radius 2 is 2.04 bits per heavy atom. The summed E-state index contributed by atoms with van der Waals surface area (Å²) in [5.74, 6) is -0.227. The van der Waals surface area contributed by atoms with Gasteiger partial charge in [0.15, 0.2) is 0 Å². The molecule has 7 heteroatoms. The third kappa shape index (κ3) is 3.21. The standard InChI is InChI=1S/C17H18N6O/c1-17(16(24)23-13-4-7-19-8-5-13)11-22-14(10-21-15(17)18)12-3-2-6-20-9-12/h2-10,15H,11,18H2,1H3,(H,19,23,24). The predicted molar refractivity (Wildman–Crippen MR) is 93.1 cm³/mol. The van der Waals surface area contributed by atoms with Crippen LogP contribution >= 0.6 is 0 Å². The second-order valence-electron chi connectivity index (χ2n) is 5.77. The van der Waals surface area contributed by atoms with Gasteiger partial charge in [0.1, 0.15) is 11.6 Å². The van der Waals surface area contributed by atoms with Crippen molar-refractivity contribution < 1.29 is 4.79 Å². The number of carbonyl (C=O) groups excluding carboxylic acids is 1. The first-order valence-electron chi connectivity index (χ1n) is 7.55. The first-order valence-corrected chi connectivity index (χ1v) is 7.55. The topological polar surface area (TPSA) is 106 Å². The van der Waals surface area contributed by atoms with Crippen molar-refractivity contribution in [3.63, 3.8) is 0 Å². The molecule has 2 unspecified atom stereocenters. The van der Waals surface area contributed by atoms with Gasteiger partial charge in [-0.25, -0.2) is 0 Å². The molecule has 0 aliphatic carbocycles. The van der Waals surface area contributed by atoms with E-state index >= 15 is 0 Å². The fourth-order valence-electron chi connectivity index (χ4n) is 2.29. The summed E-state index contributed by atoms with van der Waals surface area (Å²) in [6, 6.07) is 7.16. The molecule has 0 saturated heterocycles. The molecule has 0 radical (unpaired) electrons. The molecule has 0 bridgehead atoms. The Bertz CT molecular complexity index is 774. The van der Waals surface area contributed by atoms with Gasteiger partial charge in [-0.15, -0.1) is 0 Å². The quantitative estimate of drug-likeness (QED) is 0.887. The first kappa shape index (κ1) is 15.9. The average molecular weight is 322 g/mol. The number of aliphatic imine (C=N–C) groups is 2. The zero-order valence-electron chi connectivity index (χ0n) is 13.3. The minimum absolute atomic E-state index is 0.227. The van der Waals surface area contributed by atoms with Gasteiger partial charge in [-0.2, -0.15) is 0 Å². The Labute approximate surface area is 139 Å². The summed E-state index contributed by atoms with van der Waals surface area (Å²) in [4.78, 5) is 29.6. The van der Waals surface area contributed by atoms with Gasteiger partial charge in [0.2, 0.25) is 5.91 Å². The Morgan fingerprint density at radius 3 is 2.75 bits per heavy atom. The third-order valence-electron chi connectivity index (χ3n) is 4.00. The van der Waals surface area contributed by atoms with Gasteiger partial charge in [-0.3, -0.25) is 24.7 Å². The number of nitrogens with one attached hydrogen (secondary N) is 1. The SMILES string of the molecule is CC1(C(=O)Nc2ccncc2)CN=C(c2cccnc2)C=NC1N. The van der Waals surface area contributed by atoms with Crippen LogP contribution in [0.5, 0.6) is 0 Å². The van der Waals surface area contributed by atoms with Crippen molar-refractivity contribution in [3.05, 3.63) is 54.6 Å². The molecule has 3 rings (SSSR count). The van der Waals surface area contributed by atoms with Crippen LogP contribution in [0.1, 0.15) is 12.5 Å². The van der Waals surface area contributed by atoms with Gasteiger partial charge in [0, 0.05) is 42.3 Å². The summed E-state index contributed by atoms with van der Waals surface area (Å²) < 4.78 is 0. The fourth-order valence-corrected chi connectivity index (χ4v) is 2.29. The van der Waals surface area contributed by atoms with E-state index in [1.54, 1.807) is 50.1 Å². The van der Waals surface area contributed by atoms with Gasteiger partial charge in [0.05, 0.1) is 12.3 Å². The largest absolute Gasteiger partial charge is 0.325 e. The summed E-state index contributed by atoms with van der Waals surface area (Å²) >= 11 is 0. The van der Waals surface area contributed by atoms with E-state index in [1.165, 1.54) is 0 Å². The fraction of sp³-hybridized carbons (Fsp3) is 0.235. The Balaban J connectivity index is 1.84. The molecule has 1 aliphatic heterocycles. The van der Waals surface area contributed by atoms with Gasteiger partial charge >= 0.3 is 0 Å². The summed E-state index contributed by atoms with van der Waals surface area (Å²) in [6.45, 7) is 2.00. The first-order chi connectivity index (χ1) is 11.6. The highest BCUT2D eigenvalue weighted by Gasteiger charge is 2.40. The van der Waals surface area contributed by atoms with Crippen LogP contribution in [0.2, 0.25) is 0 Å². The zero-order chi connectivity index (χ0) is 17.0. The van der Waals surface area contributed by atoms with Crippen LogP contribution < -0.4 is 11.1 Å². The Hall–Kier alpha value is -2.93. The van der Waals surface area contributed by atoms with Crippen molar-refractivity contribution in [2.45, 2.75) is 13.1 Å². The van der Waals surface area contributed by atoms with Crippen LogP contribution in [-0.4, -0.2) is 40.5 Å². The van der Waals surface area contributed by atoms with E-state index < -0.39 is 11.6 Å². The third-order valence-corrected chi connectivity index (χ3v) is 4.00. The van der Waals surface area contributed by atoms with Gasteiger partial charge in [-0.1, -0.05) is 0 Å². The van der Waals surface area contributed by atoms with Crippen molar-refractivity contribution >= 4 is 23.5 Å². The molecule has 2 aromatic rings. The number of nitrogens with zero attached hydrogens (tertiary/aromatic N) is 4. The van der Waals surface area contributed by atoms with E-state index in [-0.39, 0.29) is 12.5 Å². The van der Waals surface area contributed by atoms with Crippen LogP contribution in [-0.2, 0) is 4.79 Å². The maximum Gasteiger partial charge on any atom is 0.235 e. The molecule has 1 amide bonds. The second kappa shape index (κ2) is 6.67. The Morgan fingerprint density at radius 1 is 1.25 bits per heavy atom. The number of pyridine rings is 2. The number of anilines is 1.